The Kier molecular flexibility index (Phi) is 9.76. The molecule has 9 heteroatoms. The second-order valence-corrected chi connectivity index (χ2v) is 10.8. The van der Waals surface area contributed by atoms with Gasteiger partial charge in [-0.3, -0.25) is 9.69 Å². The van der Waals surface area contributed by atoms with Gasteiger partial charge in [0.05, 0.1) is 6.10 Å². The maximum atomic E-state index is 12.7. The molecule has 0 bridgehead atoms. The number of benzene rings is 1. The number of carbonyl (C=O) groups excluding carboxylic acids is 1. The van der Waals surface area contributed by atoms with Gasteiger partial charge in [-0.1, -0.05) is 31.2 Å². The van der Waals surface area contributed by atoms with Gasteiger partial charge in [0, 0.05) is 63.7 Å². The third kappa shape index (κ3) is 7.90. The number of aliphatic hydroxyl groups is 1. The van der Waals surface area contributed by atoms with Crippen molar-refractivity contribution in [3.8, 4) is 0 Å². The van der Waals surface area contributed by atoms with Crippen molar-refractivity contribution in [2.45, 2.75) is 44.9 Å². The summed E-state index contributed by atoms with van der Waals surface area (Å²) < 4.78 is 0. The van der Waals surface area contributed by atoms with Gasteiger partial charge in [0.1, 0.15) is 17.8 Å². The lowest BCUT2D eigenvalue weighted by atomic mass is 10.00. The number of anilines is 1. The molecule has 0 saturated carbocycles. The van der Waals surface area contributed by atoms with Gasteiger partial charge in [-0.05, 0) is 36.1 Å². The molecule has 2 aromatic rings. The number of β-amino-alcohol motifs (C(OH)–C–C–N with tert-alkyl or cyclic N) is 1. The fourth-order valence-corrected chi connectivity index (χ4v) is 5.46. The third-order valence-corrected chi connectivity index (χ3v) is 7.65. The Labute approximate surface area is 212 Å². The van der Waals surface area contributed by atoms with Crippen LogP contribution in [0.5, 0.6) is 0 Å². The van der Waals surface area contributed by atoms with Gasteiger partial charge in [0.2, 0.25) is 0 Å². The van der Waals surface area contributed by atoms with E-state index >= 15 is 0 Å². The predicted octanol–water partition coefficient (Wildman–Crippen LogP) is 2.25. The molecule has 3 N–H and O–H groups in total. The highest BCUT2D eigenvalue weighted by Crippen LogP contribution is 2.19. The molecule has 1 atom stereocenters. The van der Waals surface area contributed by atoms with Crippen LogP contribution in [-0.2, 0) is 13.0 Å². The number of carbonyl (C=O) groups is 1. The Balaban J connectivity index is 1.19. The summed E-state index contributed by atoms with van der Waals surface area (Å²) >= 11 is 1.99. The largest absolute Gasteiger partial charge is 0.390 e. The number of piperidine rings is 1. The first-order valence-electron chi connectivity index (χ1n) is 12.7. The molecule has 1 aromatic heterocycles. The number of nitrogens with one attached hydrogen (secondary N) is 2. The molecule has 1 amide bonds. The number of fused-ring (bicyclic) bond motifs is 1. The first-order valence-corrected chi connectivity index (χ1v) is 13.9. The average Bonchev–Trinajstić information content (AvgIpc) is 2.88. The van der Waals surface area contributed by atoms with Crippen molar-refractivity contribution in [3.63, 3.8) is 0 Å². The number of hydrogen-bond donors (Lipinski definition) is 3. The Morgan fingerprint density at radius 3 is 2.77 bits per heavy atom. The van der Waals surface area contributed by atoms with Gasteiger partial charge in [-0.2, -0.15) is 11.8 Å². The van der Waals surface area contributed by atoms with E-state index in [0.29, 0.717) is 24.1 Å². The smallest absolute Gasteiger partial charge is 0.270 e. The molecule has 35 heavy (non-hydrogen) atoms. The molecule has 3 heterocycles. The normalized spacial score (nSPS) is 18.1. The van der Waals surface area contributed by atoms with Crippen molar-refractivity contribution in [2.75, 3.05) is 56.1 Å². The number of amides is 1. The molecule has 1 saturated heterocycles. The molecule has 4 rings (SSSR count). The van der Waals surface area contributed by atoms with Gasteiger partial charge < -0.3 is 20.6 Å². The van der Waals surface area contributed by atoms with Crippen molar-refractivity contribution in [2.24, 2.45) is 0 Å². The van der Waals surface area contributed by atoms with Crippen molar-refractivity contribution in [1.82, 2.24) is 25.1 Å². The van der Waals surface area contributed by atoms with Crippen molar-refractivity contribution < 1.29 is 9.90 Å². The zero-order valence-electron chi connectivity index (χ0n) is 20.7. The summed E-state index contributed by atoms with van der Waals surface area (Å²) in [7, 11) is 0. The van der Waals surface area contributed by atoms with Crippen molar-refractivity contribution in [3.05, 3.63) is 53.5 Å². The number of rotatable bonds is 11. The molecule has 1 aromatic carbocycles. The molecular weight excluding hydrogens is 460 g/mol. The summed E-state index contributed by atoms with van der Waals surface area (Å²) in [6.07, 6.45) is 3.91. The van der Waals surface area contributed by atoms with E-state index in [0.717, 1.165) is 52.0 Å². The number of aliphatic hydroxyl groups excluding tert-OH is 1. The SMILES string of the molecule is CCSCCN1CCC(Nc2cc(C(=O)NC[C@H](O)CN3CCc4ccccc4C3)ncn2)CC1. The molecule has 0 unspecified atom stereocenters. The van der Waals surface area contributed by atoms with Crippen molar-refractivity contribution in [1.29, 1.82) is 0 Å². The highest BCUT2D eigenvalue weighted by molar-refractivity contribution is 7.99. The summed E-state index contributed by atoms with van der Waals surface area (Å²) in [6.45, 7) is 7.99. The van der Waals surface area contributed by atoms with E-state index in [9.17, 15) is 9.90 Å². The van der Waals surface area contributed by atoms with Gasteiger partial charge in [0.25, 0.3) is 5.91 Å². The average molecular weight is 499 g/mol. The molecule has 8 nitrogen and oxygen atoms in total. The van der Waals surface area contributed by atoms with Crippen LogP contribution in [0.1, 0.15) is 41.4 Å². The lowest BCUT2D eigenvalue weighted by Gasteiger charge is -2.32. The number of hydrogen-bond acceptors (Lipinski definition) is 8. The van der Waals surface area contributed by atoms with Crippen LogP contribution in [0.2, 0.25) is 0 Å². The Morgan fingerprint density at radius 1 is 1.17 bits per heavy atom. The summed E-state index contributed by atoms with van der Waals surface area (Å²) in [5.41, 5.74) is 3.02. The van der Waals surface area contributed by atoms with Crippen LogP contribution >= 0.6 is 11.8 Å². The lowest BCUT2D eigenvalue weighted by Crippen LogP contribution is -2.42. The summed E-state index contributed by atoms with van der Waals surface area (Å²) in [6, 6.07) is 10.5. The van der Waals surface area contributed by atoms with Crippen LogP contribution in [0, 0.1) is 0 Å². The fraction of sp³-hybridized carbons (Fsp3) is 0.577. The van der Waals surface area contributed by atoms with Crippen LogP contribution in [0.3, 0.4) is 0 Å². The maximum Gasteiger partial charge on any atom is 0.270 e. The number of nitrogens with zero attached hydrogens (tertiary/aromatic N) is 4. The molecule has 2 aliphatic rings. The summed E-state index contributed by atoms with van der Waals surface area (Å²) in [5, 5.41) is 16.8. The van der Waals surface area contributed by atoms with Crippen LogP contribution in [-0.4, -0.2) is 93.7 Å². The van der Waals surface area contributed by atoms with E-state index in [1.807, 2.05) is 11.8 Å². The number of aromatic nitrogens is 2. The molecule has 190 valence electrons. The van der Waals surface area contributed by atoms with Crippen LogP contribution in [0.15, 0.2) is 36.7 Å². The second-order valence-electron chi connectivity index (χ2n) is 9.36. The Bertz CT molecular complexity index is 953. The zero-order valence-corrected chi connectivity index (χ0v) is 21.5. The van der Waals surface area contributed by atoms with Crippen LogP contribution in [0.25, 0.3) is 0 Å². The maximum absolute atomic E-state index is 12.7. The van der Waals surface area contributed by atoms with E-state index in [2.05, 4.69) is 61.6 Å². The lowest BCUT2D eigenvalue weighted by molar-refractivity contribution is 0.0838. The Morgan fingerprint density at radius 2 is 1.97 bits per heavy atom. The minimum absolute atomic E-state index is 0.193. The molecule has 1 fully saturated rings. The van der Waals surface area contributed by atoms with Crippen LogP contribution in [0.4, 0.5) is 5.82 Å². The van der Waals surface area contributed by atoms with Gasteiger partial charge >= 0.3 is 0 Å². The summed E-state index contributed by atoms with van der Waals surface area (Å²) in [5.74, 6) is 2.76. The van der Waals surface area contributed by atoms with E-state index in [1.165, 1.54) is 29.0 Å². The molecule has 2 aliphatic heterocycles. The molecule has 0 aliphatic carbocycles. The second kappa shape index (κ2) is 13.2. The Hall–Kier alpha value is -2.20. The van der Waals surface area contributed by atoms with E-state index < -0.39 is 6.10 Å². The fourth-order valence-electron chi connectivity index (χ4n) is 4.78. The highest BCUT2D eigenvalue weighted by atomic mass is 32.2. The molecule has 0 spiro atoms. The minimum atomic E-state index is -0.635. The number of likely N-dealkylation sites (tertiary alicyclic amines) is 1. The standard InChI is InChI=1S/C26H38N6O2S/c1-2-35-14-13-31-11-8-22(9-12-31)30-25-15-24(28-19-29-25)26(34)27-16-23(33)18-32-10-7-20-5-3-4-6-21(20)17-32/h3-6,15,19,22-23,33H,2,7-14,16-18H2,1H3,(H,27,34)(H,28,29,30)/t23-/m0/s1. The van der Waals surface area contributed by atoms with Gasteiger partial charge in [-0.15, -0.1) is 0 Å². The van der Waals surface area contributed by atoms with Crippen molar-refractivity contribution >= 4 is 23.5 Å². The van der Waals surface area contributed by atoms with E-state index in [-0.39, 0.29) is 12.5 Å². The first-order chi connectivity index (χ1) is 17.1. The van der Waals surface area contributed by atoms with E-state index in [4.69, 9.17) is 0 Å². The highest BCUT2D eigenvalue weighted by Gasteiger charge is 2.21. The molecule has 0 radical (unpaired) electrons. The van der Waals surface area contributed by atoms with E-state index in [1.54, 1.807) is 6.07 Å². The quantitative estimate of drug-likeness (QED) is 0.406. The predicted molar refractivity (Wildman–Crippen MR) is 142 cm³/mol. The minimum Gasteiger partial charge on any atom is -0.390 e. The first kappa shape index (κ1) is 25.9. The van der Waals surface area contributed by atoms with Gasteiger partial charge in [-0.25, -0.2) is 9.97 Å². The number of thioether (sulfide) groups is 1. The monoisotopic (exact) mass is 498 g/mol. The van der Waals surface area contributed by atoms with Crippen LogP contribution < -0.4 is 10.6 Å². The zero-order chi connectivity index (χ0) is 24.5. The summed E-state index contributed by atoms with van der Waals surface area (Å²) in [4.78, 5) is 25.9. The third-order valence-electron chi connectivity index (χ3n) is 6.77. The van der Waals surface area contributed by atoms with Gasteiger partial charge in [0.15, 0.2) is 0 Å². The molecular formula is C26H38N6O2S. The topological polar surface area (TPSA) is 93.6 Å².